The molecule has 1 amide bonds. The molecule has 1 aromatic carbocycles. The van der Waals surface area contributed by atoms with Gasteiger partial charge in [0.1, 0.15) is 17.3 Å². The molecule has 2 unspecified atom stereocenters. The normalized spacial score (nSPS) is 26.0. The first-order chi connectivity index (χ1) is 13.7. The Morgan fingerprint density at radius 2 is 2.07 bits per heavy atom. The SMILES string of the molecule is O=C(c1cncc(N2CC3c4ccccc4OCC3(CO)C2)n1)N1CCCC1. The van der Waals surface area contributed by atoms with Gasteiger partial charge in [-0.2, -0.15) is 0 Å². The summed E-state index contributed by atoms with van der Waals surface area (Å²) >= 11 is 0. The molecule has 0 bridgehead atoms. The summed E-state index contributed by atoms with van der Waals surface area (Å²) in [6.45, 7) is 3.44. The number of carbonyl (C=O) groups is 1. The molecule has 2 fully saturated rings. The van der Waals surface area contributed by atoms with E-state index in [9.17, 15) is 9.90 Å². The highest BCUT2D eigenvalue weighted by Gasteiger charge is 2.51. The zero-order chi connectivity index (χ0) is 19.1. The number of ether oxygens (including phenoxy) is 1. The molecule has 5 rings (SSSR count). The van der Waals surface area contributed by atoms with Gasteiger partial charge in [-0.1, -0.05) is 18.2 Å². The second-order valence-corrected chi connectivity index (χ2v) is 8.04. The van der Waals surface area contributed by atoms with Crippen molar-refractivity contribution in [3.63, 3.8) is 0 Å². The second-order valence-electron chi connectivity index (χ2n) is 8.04. The summed E-state index contributed by atoms with van der Waals surface area (Å²) < 4.78 is 5.96. The highest BCUT2D eigenvalue weighted by Crippen LogP contribution is 2.49. The van der Waals surface area contributed by atoms with Gasteiger partial charge >= 0.3 is 0 Å². The van der Waals surface area contributed by atoms with Crippen molar-refractivity contribution in [2.45, 2.75) is 18.8 Å². The number of aliphatic hydroxyl groups excluding tert-OH is 1. The van der Waals surface area contributed by atoms with Gasteiger partial charge < -0.3 is 19.6 Å². The zero-order valence-electron chi connectivity index (χ0n) is 15.8. The van der Waals surface area contributed by atoms with Gasteiger partial charge in [-0.3, -0.25) is 9.78 Å². The summed E-state index contributed by atoms with van der Waals surface area (Å²) in [5.41, 5.74) is 1.15. The maximum atomic E-state index is 12.7. The number of nitrogens with zero attached hydrogens (tertiary/aromatic N) is 4. The van der Waals surface area contributed by atoms with Gasteiger partial charge in [-0.05, 0) is 24.5 Å². The number of para-hydroxylation sites is 1. The third-order valence-electron chi connectivity index (χ3n) is 6.33. The fraction of sp³-hybridized carbons (Fsp3) is 0.476. The first-order valence-electron chi connectivity index (χ1n) is 9.89. The molecule has 3 aliphatic heterocycles. The Kier molecular flexibility index (Phi) is 4.19. The zero-order valence-corrected chi connectivity index (χ0v) is 15.8. The van der Waals surface area contributed by atoms with Crippen molar-refractivity contribution in [1.82, 2.24) is 14.9 Å². The number of aliphatic hydroxyl groups is 1. The molecule has 1 aromatic heterocycles. The number of aromatic nitrogens is 2. The van der Waals surface area contributed by atoms with E-state index in [-0.39, 0.29) is 23.8 Å². The van der Waals surface area contributed by atoms with Gasteiger partial charge in [-0.15, -0.1) is 0 Å². The van der Waals surface area contributed by atoms with Gasteiger partial charge in [0, 0.05) is 32.1 Å². The number of anilines is 1. The van der Waals surface area contributed by atoms with E-state index in [2.05, 4.69) is 20.9 Å². The minimum absolute atomic E-state index is 0.0440. The number of rotatable bonds is 3. The van der Waals surface area contributed by atoms with E-state index in [0.717, 1.165) is 43.8 Å². The van der Waals surface area contributed by atoms with E-state index in [1.165, 1.54) is 0 Å². The first-order valence-corrected chi connectivity index (χ1v) is 9.89. The molecule has 7 heteroatoms. The van der Waals surface area contributed by atoms with Crippen LogP contribution in [0.15, 0.2) is 36.7 Å². The molecule has 2 atom stereocenters. The van der Waals surface area contributed by atoms with Crippen molar-refractivity contribution >= 4 is 11.7 Å². The maximum absolute atomic E-state index is 12.7. The molecule has 2 saturated heterocycles. The van der Waals surface area contributed by atoms with E-state index >= 15 is 0 Å². The molecule has 3 aliphatic rings. The topological polar surface area (TPSA) is 78.8 Å². The lowest BCUT2D eigenvalue weighted by atomic mass is 9.74. The molecule has 1 N–H and O–H groups in total. The summed E-state index contributed by atoms with van der Waals surface area (Å²) in [5, 5.41) is 10.2. The lowest BCUT2D eigenvalue weighted by Crippen LogP contribution is -2.42. The van der Waals surface area contributed by atoms with Gasteiger partial charge in [0.2, 0.25) is 0 Å². The van der Waals surface area contributed by atoms with Crippen LogP contribution in [0.1, 0.15) is 34.8 Å². The largest absolute Gasteiger partial charge is 0.493 e. The highest BCUT2D eigenvalue weighted by atomic mass is 16.5. The second kappa shape index (κ2) is 6.74. The Morgan fingerprint density at radius 3 is 2.89 bits per heavy atom. The summed E-state index contributed by atoms with van der Waals surface area (Å²) in [7, 11) is 0. The third kappa shape index (κ3) is 2.73. The molecule has 0 radical (unpaired) electrons. The number of fused-ring (bicyclic) bond motifs is 3. The van der Waals surface area contributed by atoms with Crippen LogP contribution in [-0.2, 0) is 0 Å². The minimum atomic E-state index is -0.370. The molecule has 2 aromatic rings. The quantitative estimate of drug-likeness (QED) is 0.873. The Balaban J connectivity index is 1.44. The Bertz CT molecular complexity index is 899. The predicted molar refractivity (Wildman–Crippen MR) is 104 cm³/mol. The van der Waals surface area contributed by atoms with Crippen LogP contribution in [0.4, 0.5) is 5.82 Å². The lowest BCUT2D eigenvalue weighted by Gasteiger charge is -2.37. The molecule has 7 nitrogen and oxygen atoms in total. The number of amides is 1. The predicted octanol–water partition coefficient (Wildman–Crippen LogP) is 1.69. The Morgan fingerprint density at radius 1 is 1.25 bits per heavy atom. The van der Waals surface area contributed by atoms with Crippen LogP contribution in [0, 0.1) is 5.41 Å². The average molecular weight is 380 g/mol. The monoisotopic (exact) mass is 380 g/mol. The molecular weight excluding hydrogens is 356 g/mol. The molecule has 4 heterocycles. The number of hydrogen-bond donors (Lipinski definition) is 1. The fourth-order valence-corrected chi connectivity index (χ4v) is 4.74. The summed E-state index contributed by atoms with van der Waals surface area (Å²) in [4.78, 5) is 25.6. The van der Waals surface area contributed by atoms with Gasteiger partial charge in [0.15, 0.2) is 0 Å². The van der Waals surface area contributed by atoms with Crippen LogP contribution in [0.3, 0.4) is 0 Å². The summed E-state index contributed by atoms with van der Waals surface area (Å²) in [5.74, 6) is 1.68. The van der Waals surface area contributed by atoms with Gasteiger partial charge in [0.25, 0.3) is 5.91 Å². The van der Waals surface area contributed by atoms with Crippen molar-refractivity contribution in [2.75, 3.05) is 44.3 Å². The van der Waals surface area contributed by atoms with E-state index in [4.69, 9.17) is 4.74 Å². The number of benzene rings is 1. The standard InChI is InChI=1S/C21H24N4O3/c26-13-21-12-25(11-16(21)15-5-1-2-6-18(15)28-14-21)19-10-22-9-17(23-19)20(27)24-7-3-4-8-24/h1-2,5-6,9-10,16,26H,3-4,7-8,11-14H2. The number of likely N-dealkylation sites (tertiary alicyclic amines) is 1. The number of hydrogen-bond acceptors (Lipinski definition) is 6. The van der Waals surface area contributed by atoms with E-state index in [0.29, 0.717) is 24.7 Å². The highest BCUT2D eigenvalue weighted by molar-refractivity contribution is 5.92. The van der Waals surface area contributed by atoms with Crippen LogP contribution in [0.2, 0.25) is 0 Å². The van der Waals surface area contributed by atoms with Crippen molar-refractivity contribution in [3.8, 4) is 5.75 Å². The van der Waals surface area contributed by atoms with Crippen LogP contribution in [0.25, 0.3) is 0 Å². The first kappa shape index (κ1) is 17.4. The van der Waals surface area contributed by atoms with Crippen molar-refractivity contribution < 1.29 is 14.6 Å². The Labute approximate surface area is 164 Å². The van der Waals surface area contributed by atoms with E-state index in [1.54, 1.807) is 12.4 Å². The molecule has 0 spiro atoms. The summed E-state index contributed by atoms with van der Waals surface area (Å²) in [6.07, 6.45) is 5.35. The van der Waals surface area contributed by atoms with Crippen LogP contribution in [-0.4, -0.2) is 65.3 Å². The minimum Gasteiger partial charge on any atom is -0.493 e. The van der Waals surface area contributed by atoms with E-state index in [1.807, 2.05) is 23.1 Å². The van der Waals surface area contributed by atoms with Gasteiger partial charge in [0.05, 0.1) is 31.0 Å². The Hall–Kier alpha value is -2.67. The maximum Gasteiger partial charge on any atom is 0.274 e. The van der Waals surface area contributed by atoms with Crippen molar-refractivity contribution in [1.29, 1.82) is 0 Å². The number of carbonyl (C=O) groups excluding carboxylic acids is 1. The smallest absolute Gasteiger partial charge is 0.274 e. The molecule has 0 saturated carbocycles. The van der Waals surface area contributed by atoms with Crippen molar-refractivity contribution in [3.05, 3.63) is 47.9 Å². The molecule has 0 aliphatic carbocycles. The third-order valence-corrected chi connectivity index (χ3v) is 6.33. The van der Waals surface area contributed by atoms with Gasteiger partial charge in [-0.25, -0.2) is 4.98 Å². The lowest BCUT2D eigenvalue weighted by molar-refractivity contribution is 0.0535. The molecule has 28 heavy (non-hydrogen) atoms. The molecular formula is C21H24N4O3. The van der Waals surface area contributed by atoms with Crippen molar-refractivity contribution in [2.24, 2.45) is 5.41 Å². The van der Waals surface area contributed by atoms with E-state index < -0.39 is 0 Å². The van der Waals surface area contributed by atoms with Crippen LogP contribution >= 0.6 is 0 Å². The summed E-state index contributed by atoms with van der Waals surface area (Å²) in [6, 6.07) is 8.03. The van der Waals surface area contributed by atoms with Crippen LogP contribution < -0.4 is 9.64 Å². The van der Waals surface area contributed by atoms with Crippen LogP contribution in [0.5, 0.6) is 5.75 Å². The fourth-order valence-electron chi connectivity index (χ4n) is 4.74. The average Bonchev–Trinajstić information content (AvgIpc) is 3.42. The molecule has 146 valence electrons.